The van der Waals surface area contributed by atoms with Gasteiger partial charge in [-0.2, -0.15) is 0 Å². The van der Waals surface area contributed by atoms with Crippen molar-refractivity contribution in [1.82, 2.24) is 10.1 Å². The van der Waals surface area contributed by atoms with E-state index < -0.39 is 6.10 Å². The molecule has 1 fully saturated rings. The standard InChI is InChI=1S/C19H25N3O4/c1-13-11-18(26-21-13)20-17(23)12-22-9-7-15(8-10-22)19(24)14-3-5-16(25-2)6-4-14/h3-6,11,15,19,24H,7-10,12H2,1-2H3,(H,20,23)/t19-/m0/s1. The van der Waals surface area contributed by atoms with Gasteiger partial charge in [0.2, 0.25) is 11.8 Å². The molecule has 1 amide bonds. The summed E-state index contributed by atoms with van der Waals surface area (Å²) in [5.74, 6) is 1.23. The molecule has 2 aromatic rings. The number of nitrogens with one attached hydrogen (secondary N) is 1. The lowest BCUT2D eigenvalue weighted by atomic mass is 9.87. The summed E-state index contributed by atoms with van der Waals surface area (Å²) in [6.45, 7) is 3.67. The van der Waals surface area contributed by atoms with Crippen LogP contribution in [0.2, 0.25) is 0 Å². The van der Waals surface area contributed by atoms with Crippen LogP contribution in [0.3, 0.4) is 0 Å². The Bertz CT molecular complexity index is 721. The second-order valence-electron chi connectivity index (χ2n) is 6.71. The summed E-state index contributed by atoms with van der Waals surface area (Å²) in [6, 6.07) is 9.23. The van der Waals surface area contributed by atoms with Crippen molar-refractivity contribution in [2.45, 2.75) is 25.9 Å². The summed E-state index contributed by atoms with van der Waals surface area (Å²) >= 11 is 0. The minimum absolute atomic E-state index is 0.115. The number of aromatic nitrogens is 1. The molecule has 1 atom stereocenters. The average molecular weight is 359 g/mol. The zero-order valence-electron chi connectivity index (χ0n) is 15.1. The van der Waals surface area contributed by atoms with Gasteiger partial charge in [-0.1, -0.05) is 17.3 Å². The quantitative estimate of drug-likeness (QED) is 0.823. The van der Waals surface area contributed by atoms with Crippen molar-refractivity contribution < 1.29 is 19.2 Å². The third-order valence-corrected chi connectivity index (χ3v) is 4.79. The molecule has 7 heteroatoms. The molecule has 1 saturated heterocycles. The van der Waals surface area contributed by atoms with Crippen molar-refractivity contribution in [2.24, 2.45) is 5.92 Å². The highest BCUT2D eigenvalue weighted by atomic mass is 16.5. The molecule has 1 aromatic carbocycles. The van der Waals surface area contributed by atoms with Gasteiger partial charge in [-0.3, -0.25) is 15.0 Å². The predicted molar refractivity (Wildman–Crippen MR) is 97.0 cm³/mol. The fraction of sp³-hybridized carbons (Fsp3) is 0.474. The average Bonchev–Trinajstić information content (AvgIpc) is 3.06. The minimum atomic E-state index is -0.492. The number of hydrogen-bond donors (Lipinski definition) is 2. The molecule has 0 radical (unpaired) electrons. The van der Waals surface area contributed by atoms with E-state index in [1.807, 2.05) is 24.3 Å². The highest BCUT2D eigenvalue weighted by Gasteiger charge is 2.27. The molecule has 0 aliphatic carbocycles. The van der Waals surface area contributed by atoms with Gasteiger partial charge in [0.15, 0.2) is 0 Å². The third kappa shape index (κ3) is 4.62. The summed E-state index contributed by atoms with van der Waals surface area (Å²) in [7, 11) is 1.63. The summed E-state index contributed by atoms with van der Waals surface area (Å²) in [5.41, 5.74) is 1.64. The molecule has 2 N–H and O–H groups in total. The van der Waals surface area contributed by atoms with Crippen LogP contribution < -0.4 is 10.1 Å². The molecular formula is C19H25N3O4. The molecule has 1 aliphatic heterocycles. The van der Waals surface area contributed by atoms with Crippen LogP contribution in [0.5, 0.6) is 5.75 Å². The molecular weight excluding hydrogens is 334 g/mol. The zero-order valence-corrected chi connectivity index (χ0v) is 15.1. The van der Waals surface area contributed by atoms with E-state index in [-0.39, 0.29) is 11.8 Å². The lowest BCUT2D eigenvalue weighted by molar-refractivity contribution is -0.117. The number of carbonyl (C=O) groups is 1. The first-order valence-electron chi connectivity index (χ1n) is 8.82. The van der Waals surface area contributed by atoms with E-state index in [9.17, 15) is 9.90 Å². The molecule has 2 heterocycles. The Morgan fingerprint density at radius 2 is 2.08 bits per heavy atom. The van der Waals surface area contributed by atoms with Crippen LogP contribution in [-0.2, 0) is 4.79 Å². The minimum Gasteiger partial charge on any atom is -0.497 e. The summed E-state index contributed by atoms with van der Waals surface area (Å²) in [4.78, 5) is 14.2. The van der Waals surface area contributed by atoms with Gasteiger partial charge in [-0.15, -0.1) is 0 Å². The molecule has 7 nitrogen and oxygen atoms in total. The highest BCUT2D eigenvalue weighted by Crippen LogP contribution is 2.31. The van der Waals surface area contributed by atoms with E-state index in [4.69, 9.17) is 9.26 Å². The largest absolute Gasteiger partial charge is 0.497 e. The van der Waals surface area contributed by atoms with E-state index in [0.29, 0.717) is 12.4 Å². The molecule has 3 rings (SSSR count). The van der Waals surface area contributed by atoms with Crippen LogP contribution in [-0.4, -0.2) is 47.8 Å². The molecule has 0 bridgehead atoms. The normalized spacial score (nSPS) is 17.0. The molecule has 0 unspecified atom stereocenters. The lowest BCUT2D eigenvalue weighted by Gasteiger charge is -2.33. The van der Waals surface area contributed by atoms with E-state index >= 15 is 0 Å². The van der Waals surface area contributed by atoms with Crippen LogP contribution in [0.1, 0.15) is 30.2 Å². The number of amides is 1. The van der Waals surface area contributed by atoms with Crippen molar-refractivity contribution in [3.05, 3.63) is 41.6 Å². The smallest absolute Gasteiger partial charge is 0.240 e. The lowest BCUT2D eigenvalue weighted by Crippen LogP contribution is -2.40. The number of likely N-dealkylation sites (tertiary alicyclic amines) is 1. The van der Waals surface area contributed by atoms with Gasteiger partial charge in [-0.25, -0.2) is 0 Å². The molecule has 0 saturated carbocycles. The van der Waals surface area contributed by atoms with Crippen molar-refractivity contribution in [3.63, 3.8) is 0 Å². The van der Waals surface area contributed by atoms with E-state index in [0.717, 1.165) is 42.9 Å². The Balaban J connectivity index is 1.46. The summed E-state index contributed by atoms with van der Waals surface area (Å²) < 4.78 is 10.1. The number of nitrogens with zero attached hydrogens (tertiary/aromatic N) is 2. The SMILES string of the molecule is COc1ccc([C@H](O)C2CCN(CC(=O)Nc3cc(C)no3)CC2)cc1. The number of ether oxygens (including phenoxy) is 1. The molecule has 26 heavy (non-hydrogen) atoms. The first-order chi connectivity index (χ1) is 12.5. The number of anilines is 1. The van der Waals surface area contributed by atoms with Gasteiger partial charge in [0, 0.05) is 6.07 Å². The molecule has 1 aliphatic rings. The predicted octanol–water partition coefficient (Wildman–Crippen LogP) is 2.38. The Hall–Kier alpha value is -2.38. The van der Waals surface area contributed by atoms with Gasteiger partial charge < -0.3 is 14.4 Å². The zero-order chi connectivity index (χ0) is 18.5. The van der Waals surface area contributed by atoms with Gasteiger partial charge in [0.1, 0.15) is 5.75 Å². The van der Waals surface area contributed by atoms with Crippen molar-refractivity contribution in [1.29, 1.82) is 0 Å². The second-order valence-corrected chi connectivity index (χ2v) is 6.71. The number of rotatable bonds is 6. The van der Waals surface area contributed by atoms with Crippen molar-refractivity contribution in [3.8, 4) is 5.75 Å². The number of aryl methyl sites for hydroxylation is 1. The molecule has 140 valence electrons. The Morgan fingerprint density at radius 1 is 1.38 bits per heavy atom. The molecule has 0 spiro atoms. The summed E-state index contributed by atoms with van der Waals surface area (Å²) in [5, 5.41) is 17.1. The first kappa shape index (κ1) is 18.4. The number of aliphatic hydroxyl groups excluding tert-OH is 1. The van der Waals surface area contributed by atoms with Crippen LogP contribution >= 0.6 is 0 Å². The fourth-order valence-electron chi connectivity index (χ4n) is 3.30. The maximum absolute atomic E-state index is 12.1. The van der Waals surface area contributed by atoms with Gasteiger partial charge >= 0.3 is 0 Å². The third-order valence-electron chi connectivity index (χ3n) is 4.79. The van der Waals surface area contributed by atoms with E-state index in [1.54, 1.807) is 20.1 Å². The highest BCUT2D eigenvalue weighted by molar-refractivity contribution is 5.90. The monoisotopic (exact) mass is 359 g/mol. The van der Waals surface area contributed by atoms with Crippen LogP contribution in [0, 0.1) is 12.8 Å². The van der Waals surface area contributed by atoms with E-state index in [2.05, 4.69) is 15.4 Å². The molecule has 1 aromatic heterocycles. The number of hydrogen-bond acceptors (Lipinski definition) is 6. The van der Waals surface area contributed by atoms with Gasteiger partial charge in [-0.05, 0) is 56.5 Å². The van der Waals surface area contributed by atoms with Crippen LogP contribution in [0.4, 0.5) is 5.88 Å². The van der Waals surface area contributed by atoms with Gasteiger partial charge in [0.25, 0.3) is 0 Å². The number of carbonyl (C=O) groups excluding carboxylic acids is 1. The van der Waals surface area contributed by atoms with Crippen LogP contribution in [0.25, 0.3) is 0 Å². The Labute approximate surface area is 152 Å². The Kier molecular flexibility index (Phi) is 5.90. The van der Waals surface area contributed by atoms with Crippen molar-refractivity contribution >= 4 is 11.8 Å². The number of aliphatic hydroxyl groups is 1. The maximum Gasteiger partial charge on any atom is 0.240 e. The topological polar surface area (TPSA) is 87.8 Å². The second kappa shape index (κ2) is 8.33. The first-order valence-corrected chi connectivity index (χ1v) is 8.82. The maximum atomic E-state index is 12.1. The van der Waals surface area contributed by atoms with Crippen molar-refractivity contribution in [2.75, 3.05) is 32.1 Å². The summed E-state index contributed by atoms with van der Waals surface area (Å²) in [6.07, 6.45) is 1.21. The van der Waals surface area contributed by atoms with Crippen LogP contribution in [0.15, 0.2) is 34.9 Å². The Morgan fingerprint density at radius 3 is 2.65 bits per heavy atom. The van der Waals surface area contributed by atoms with Gasteiger partial charge in [0.05, 0.1) is 25.5 Å². The van der Waals surface area contributed by atoms with E-state index in [1.165, 1.54) is 0 Å². The number of benzene rings is 1. The fourth-order valence-corrected chi connectivity index (χ4v) is 3.30. The number of piperidine rings is 1. The number of methoxy groups -OCH3 is 1.